The molecule has 0 unspecified atom stereocenters. The van der Waals surface area contributed by atoms with Gasteiger partial charge >= 0.3 is 0 Å². The van der Waals surface area contributed by atoms with Crippen LogP contribution in [0.25, 0.3) is 22.0 Å². The molecule has 0 saturated carbocycles. The molecular formula is C31H32FN5O. The number of carbonyl (C=O) groups is 1. The van der Waals surface area contributed by atoms with E-state index in [2.05, 4.69) is 38.7 Å². The average Bonchev–Trinajstić information content (AvgIpc) is 3.40. The third-order valence-electron chi connectivity index (χ3n) is 7.97. The van der Waals surface area contributed by atoms with Crippen molar-refractivity contribution in [3.8, 4) is 11.1 Å². The smallest absolute Gasteiger partial charge is 0.254 e. The summed E-state index contributed by atoms with van der Waals surface area (Å²) in [6.45, 7) is 2.50. The number of nitrogens with zero attached hydrogens (tertiary/aromatic N) is 3. The topological polar surface area (TPSA) is 70.2 Å². The van der Waals surface area contributed by atoms with Crippen LogP contribution in [0, 0.1) is 5.82 Å². The first kappa shape index (κ1) is 24.5. The Labute approximate surface area is 222 Å². The van der Waals surface area contributed by atoms with Gasteiger partial charge in [0.2, 0.25) is 5.95 Å². The maximum atomic E-state index is 14.3. The first-order valence-corrected chi connectivity index (χ1v) is 13.5. The van der Waals surface area contributed by atoms with Gasteiger partial charge in [-0.1, -0.05) is 30.3 Å². The van der Waals surface area contributed by atoms with E-state index in [4.69, 9.17) is 4.98 Å². The molecule has 2 N–H and O–H groups in total. The van der Waals surface area contributed by atoms with E-state index in [-0.39, 0.29) is 5.56 Å². The maximum Gasteiger partial charge on any atom is 0.254 e. The minimum atomic E-state index is -0.555. The molecular weight excluding hydrogens is 477 g/mol. The maximum absolute atomic E-state index is 14.3. The van der Waals surface area contributed by atoms with Gasteiger partial charge in [0, 0.05) is 35.9 Å². The third-order valence-corrected chi connectivity index (χ3v) is 7.97. The number of hydrogen-bond acceptors (Lipinski definition) is 5. The summed E-state index contributed by atoms with van der Waals surface area (Å²) in [5.74, 6) is -0.515. The molecule has 6 rings (SSSR count). The van der Waals surface area contributed by atoms with Crippen LogP contribution in [0.1, 0.15) is 47.2 Å². The Morgan fingerprint density at radius 3 is 2.63 bits per heavy atom. The number of fused-ring (bicyclic) bond motifs is 2. The van der Waals surface area contributed by atoms with Gasteiger partial charge in [-0.05, 0) is 92.6 Å². The van der Waals surface area contributed by atoms with Crippen LogP contribution in [0.4, 0.5) is 16.0 Å². The number of aromatic nitrogens is 2. The molecule has 1 aliphatic carbocycles. The van der Waals surface area contributed by atoms with Gasteiger partial charge in [0.05, 0.1) is 11.1 Å². The van der Waals surface area contributed by atoms with E-state index >= 15 is 0 Å². The highest BCUT2D eigenvalue weighted by molar-refractivity contribution is 5.98. The molecule has 1 aliphatic heterocycles. The summed E-state index contributed by atoms with van der Waals surface area (Å²) in [7, 11) is 1.49. The van der Waals surface area contributed by atoms with Gasteiger partial charge in [0.25, 0.3) is 5.91 Å². The van der Waals surface area contributed by atoms with E-state index in [1.54, 1.807) is 18.3 Å². The highest BCUT2D eigenvalue weighted by atomic mass is 19.1. The largest absolute Gasteiger partial charge is 0.355 e. The number of para-hydroxylation sites is 1. The molecule has 1 fully saturated rings. The van der Waals surface area contributed by atoms with Gasteiger partial charge in [-0.25, -0.2) is 14.4 Å². The molecule has 4 aromatic rings. The first-order valence-electron chi connectivity index (χ1n) is 13.5. The summed E-state index contributed by atoms with van der Waals surface area (Å²) in [5.41, 5.74) is 6.11. The molecule has 0 radical (unpaired) electrons. The van der Waals surface area contributed by atoms with E-state index in [0.717, 1.165) is 40.6 Å². The second kappa shape index (κ2) is 10.5. The van der Waals surface area contributed by atoms with E-state index < -0.39 is 11.7 Å². The minimum absolute atomic E-state index is 0.00588. The normalized spacial score (nSPS) is 17.7. The molecule has 6 nitrogen and oxygen atoms in total. The summed E-state index contributed by atoms with van der Waals surface area (Å²) >= 11 is 0. The van der Waals surface area contributed by atoms with Crippen LogP contribution in [-0.2, 0) is 12.8 Å². The molecule has 0 bridgehead atoms. The molecule has 1 aromatic heterocycles. The van der Waals surface area contributed by atoms with E-state index in [0.29, 0.717) is 12.0 Å². The summed E-state index contributed by atoms with van der Waals surface area (Å²) < 4.78 is 14.3. The van der Waals surface area contributed by atoms with Gasteiger partial charge in [0.15, 0.2) is 0 Å². The molecule has 3 aromatic carbocycles. The minimum Gasteiger partial charge on any atom is -0.355 e. The fourth-order valence-corrected chi connectivity index (χ4v) is 5.92. The Hall–Kier alpha value is -3.84. The molecule has 2 aliphatic rings. The summed E-state index contributed by atoms with van der Waals surface area (Å²) in [6, 6.07) is 17.7. The third kappa shape index (κ3) is 4.86. The molecule has 38 heavy (non-hydrogen) atoms. The number of aryl methyl sites for hydroxylation is 2. The quantitative estimate of drug-likeness (QED) is 0.329. The Morgan fingerprint density at radius 2 is 1.82 bits per heavy atom. The Bertz CT molecular complexity index is 1500. The fourth-order valence-electron chi connectivity index (χ4n) is 5.92. The highest BCUT2D eigenvalue weighted by Crippen LogP contribution is 2.31. The zero-order chi connectivity index (χ0) is 26.1. The van der Waals surface area contributed by atoms with Gasteiger partial charge in [-0.3, -0.25) is 4.79 Å². The van der Waals surface area contributed by atoms with Crippen molar-refractivity contribution in [2.75, 3.05) is 25.5 Å². The zero-order valence-electron chi connectivity index (χ0n) is 21.6. The van der Waals surface area contributed by atoms with Crippen molar-refractivity contribution >= 4 is 28.4 Å². The van der Waals surface area contributed by atoms with Crippen LogP contribution in [0.3, 0.4) is 0 Å². The molecule has 7 heteroatoms. The lowest BCUT2D eigenvalue weighted by Gasteiger charge is -2.25. The van der Waals surface area contributed by atoms with Crippen molar-refractivity contribution in [1.82, 2.24) is 20.2 Å². The Balaban J connectivity index is 1.27. The number of benzene rings is 3. The Morgan fingerprint density at radius 1 is 1.00 bits per heavy atom. The molecule has 194 valence electrons. The molecule has 1 saturated heterocycles. The number of amides is 1. The van der Waals surface area contributed by atoms with E-state index in [1.165, 1.54) is 63.0 Å². The number of nitrogens with one attached hydrogen (secondary N) is 2. The van der Waals surface area contributed by atoms with Crippen molar-refractivity contribution in [3.05, 3.63) is 83.3 Å². The van der Waals surface area contributed by atoms with Crippen LogP contribution in [-0.4, -0.2) is 47.0 Å². The molecule has 2 heterocycles. The number of anilines is 2. The summed E-state index contributed by atoms with van der Waals surface area (Å²) in [4.78, 5) is 24.2. The molecule has 1 atom stereocenters. The average molecular weight is 510 g/mol. The number of hydrogen-bond donors (Lipinski definition) is 2. The van der Waals surface area contributed by atoms with Crippen LogP contribution < -0.4 is 10.6 Å². The van der Waals surface area contributed by atoms with Crippen LogP contribution in [0.2, 0.25) is 0 Å². The summed E-state index contributed by atoms with van der Waals surface area (Å²) in [6.07, 6.45) is 9.13. The van der Waals surface area contributed by atoms with Gasteiger partial charge in [-0.15, -0.1) is 0 Å². The van der Waals surface area contributed by atoms with Crippen LogP contribution in [0.5, 0.6) is 0 Å². The van der Waals surface area contributed by atoms with Crippen molar-refractivity contribution in [2.24, 2.45) is 0 Å². The van der Waals surface area contributed by atoms with Crippen molar-refractivity contribution < 1.29 is 9.18 Å². The number of carbonyl (C=O) groups excluding carboxylic acids is 1. The van der Waals surface area contributed by atoms with Crippen molar-refractivity contribution in [2.45, 2.75) is 44.6 Å². The van der Waals surface area contributed by atoms with Crippen LogP contribution in [0.15, 0.2) is 60.8 Å². The molecule has 1 amide bonds. The second-order valence-corrected chi connectivity index (χ2v) is 10.3. The standard InChI is InChI=1S/C31H32FN5O/c1-33-30(38)27-18-22(10-14-28(27)32)26-6-4-5-23-19-34-31(36-29(23)26)35-24-11-7-20-8-12-25(13-9-21(20)17-24)37-15-2-3-16-37/h4-7,10-11,14,17-19,25H,2-3,8-9,12-13,15-16H2,1H3,(H,33,38)(H,34,35,36)/t25-/m0/s1. The van der Waals surface area contributed by atoms with E-state index in [1.807, 2.05) is 18.2 Å². The summed E-state index contributed by atoms with van der Waals surface area (Å²) in [5, 5.41) is 6.77. The van der Waals surface area contributed by atoms with Gasteiger partial charge in [-0.2, -0.15) is 0 Å². The fraction of sp³-hybridized carbons (Fsp3) is 0.323. The lowest BCUT2D eigenvalue weighted by molar-refractivity contribution is 0.0959. The van der Waals surface area contributed by atoms with E-state index in [9.17, 15) is 9.18 Å². The van der Waals surface area contributed by atoms with Gasteiger partial charge in [0.1, 0.15) is 5.82 Å². The van der Waals surface area contributed by atoms with Gasteiger partial charge < -0.3 is 15.5 Å². The number of halogens is 1. The molecule has 0 spiro atoms. The number of likely N-dealkylation sites (tertiary alicyclic amines) is 1. The van der Waals surface area contributed by atoms with Crippen molar-refractivity contribution in [3.63, 3.8) is 0 Å². The Kier molecular flexibility index (Phi) is 6.77. The van der Waals surface area contributed by atoms with Crippen molar-refractivity contribution in [1.29, 1.82) is 0 Å². The monoisotopic (exact) mass is 509 g/mol. The SMILES string of the molecule is CNC(=O)c1cc(-c2cccc3cnc(Nc4ccc5c(c4)CC[C@@H](N4CCCC4)CC5)nc23)ccc1F. The predicted molar refractivity (Wildman–Crippen MR) is 149 cm³/mol. The van der Waals surface area contributed by atoms with Crippen LogP contribution >= 0.6 is 0 Å². The lowest BCUT2D eigenvalue weighted by Crippen LogP contribution is -2.32. The lowest BCUT2D eigenvalue weighted by atomic mass is 10.00. The first-order chi connectivity index (χ1) is 18.6. The second-order valence-electron chi connectivity index (χ2n) is 10.3. The number of rotatable bonds is 5. The zero-order valence-corrected chi connectivity index (χ0v) is 21.6. The predicted octanol–water partition coefficient (Wildman–Crippen LogP) is 5.88. The highest BCUT2D eigenvalue weighted by Gasteiger charge is 2.24.